The van der Waals surface area contributed by atoms with Gasteiger partial charge in [-0.05, 0) is 25.9 Å². The largest absolute Gasteiger partial charge is 0.319 e. The molecule has 6 heteroatoms. The van der Waals surface area contributed by atoms with Crippen molar-refractivity contribution in [1.82, 2.24) is 10.2 Å². The van der Waals surface area contributed by atoms with Crippen molar-refractivity contribution in [3.63, 3.8) is 0 Å². The zero-order valence-corrected chi connectivity index (χ0v) is 9.36. The number of nitrogens with zero attached hydrogens (tertiary/aromatic N) is 1. The molecule has 0 aromatic carbocycles. The van der Waals surface area contributed by atoms with Gasteiger partial charge < -0.3 is 5.32 Å². The zero-order valence-electron chi connectivity index (χ0n) is 9.36. The molecule has 0 radical (unpaired) electrons. The van der Waals surface area contributed by atoms with Gasteiger partial charge in [0.05, 0.1) is 6.54 Å². The second-order valence-corrected chi connectivity index (χ2v) is 4.19. The topological polar surface area (TPSA) is 15.3 Å². The Bertz CT molecular complexity index is 209. The van der Waals surface area contributed by atoms with Gasteiger partial charge in [0.1, 0.15) is 0 Å². The Morgan fingerprint density at radius 2 is 2.12 bits per heavy atom. The molecule has 96 valence electrons. The summed E-state index contributed by atoms with van der Waals surface area (Å²) in [6, 6.07) is 0.146. The number of likely N-dealkylation sites (tertiary alicyclic amines) is 1. The number of halogens is 4. The first kappa shape index (κ1) is 13.7. The minimum absolute atomic E-state index is 0.146. The van der Waals surface area contributed by atoms with Gasteiger partial charge in [0, 0.05) is 12.6 Å². The normalized spacial score (nSPS) is 24.0. The summed E-state index contributed by atoms with van der Waals surface area (Å²) in [6.45, 7) is 2.77. The lowest BCUT2D eigenvalue weighted by molar-refractivity contribution is -0.144. The van der Waals surface area contributed by atoms with E-state index < -0.39 is 18.9 Å². The summed E-state index contributed by atoms with van der Waals surface area (Å²) in [6.07, 6.45) is -1.88. The van der Waals surface area contributed by atoms with Crippen molar-refractivity contribution in [3.8, 4) is 0 Å². The summed E-state index contributed by atoms with van der Waals surface area (Å²) in [5.74, 6) is -3.89. The van der Waals surface area contributed by atoms with Crippen molar-refractivity contribution >= 4 is 0 Å². The fraction of sp³-hybridized carbons (Fsp3) is 1.00. The van der Waals surface area contributed by atoms with Crippen LogP contribution in [0, 0.1) is 0 Å². The van der Waals surface area contributed by atoms with E-state index in [0.29, 0.717) is 13.1 Å². The summed E-state index contributed by atoms with van der Waals surface area (Å²) in [5.41, 5.74) is 0. The zero-order chi connectivity index (χ0) is 12.2. The Labute approximate surface area is 93.0 Å². The van der Waals surface area contributed by atoms with Crippen molar-refractivity contribution in [1.29, 1.82) is 0 Å². The van der Waals surface area contributed by atoms with Crippen LogP contribution in [-0.2, 0) is 0 Å². The fourth-order valence-corrected chi connectivity index (χ4v) is 2.02. The molecule has 1 saturated heterocycles. The third-order valence-electron chi connectivity index (χ3n) is 2.75. The van der Waals surface area contributed by atoms with Crippen molar-refractivity contribution < 1.29 is 17.6 Å². The van der Waals surface area contributed by atoms with Gasteiger partial charge >= 0.3 is 12.3 Å². The van der Waals surface area contributed by atoms with E-state index in [0.717, 1.165) is 19.4 Å². The van der Waals surface area contributed by atoms with Crippen LogP contribution in [0.1, 0.15) is 19.8 Å². The Morgan fingerprint density at radius 3 is 2.69 bits per heavy atom. The van der Waals surface area contributed by atoms with Crippen LogP contribution in [0.5, 0.6) is 0 Å². The molecule has 2 nitrogen and oxygen atoms in total. The third-order valence-corrected chi connectivity index (χ3v) is 2.75. The highest BCUT2D eigenvalue weighted by molar-refractivity contribution is 4.82. The minimum Gasteiger partial charge on any atom is -0.313 e. The highest BCUT2D eigenvalue weighted by Crippen LogP contribution is 2.25. The Balaban J connectivity index is 2.42. The summed E-state index contributed by atoms with van der Waals surface area (Å²) >= 11 is 0. The number of alkyl halides is 4. The number of piperidine rings is 1. The lowest BCUT2D eigenvalue weighted by atomic mass is 10.1. The first-order chi connectivity index (χ1) is 7.45. The van der Waals surface area contributed by atoms with E-state index in [1.165, 1.54) is 4.90 Å². The molecule has 0 aliphatic carbocycles. The van der Waals surface area contributed by atoms with Gasteiger partial charge in [-0.15, -0.1) is 0 Å². The number of nitrogens with one attached hydrogen (secondary N) is 1. The Hall–Kier alpha value is -0.360. The predicted molar refractivity (Wildman–Crippen MR) is 54.1 cm³/mol. The van der Waals surface area contributed by atoms with Gasteiger partial charge in [-0.1, -0.05) is 6.92 Å². The average Bonchev–Trinajstić information content (AvgIpc) is 2.17. The molecule has 0 spiro atoms. The SMILES string of the molecule is CCNC1CCCN(CC(F)(F)C(F)F)C1. The molecule has 1 aliphatic rings. The van der Waals surface area contributed by atoms with Crippen LogP contribution in [0.4, 0.5) is 17.6 Å². The predicted octanol–water partition coefficient (Wildman–Crippen LogP) is 1.96. The second kappa shape index (κ2) is 5.82. The lowest BCUT2D eigenvalue weighted by Gasteiger charge is -2.34. The van der Waals surface area contributed by atoms with Crippen LogP contribution in [0.2, 0.25) is 0 Å². The Morgan fingerprint density at radius 1 is 1.44 bits per heavy atom. The summed E-state index contributed by atoms with van der Waals surface area (Å²) in [4.78, 5) is 1.42. The number of rotatable bonds is 5. The maximum atomic E-state index is 12.8. The summed E-state index contributed by atoms with van der Waals surface area (Å²) in [7, 11) is 0. The first-order valence-corrected chi connectivity index (χ1v) is 5.57. The third kappa shape index (κ3) is 3.90. The first-order valence-electron chi connectivity index (χ1n) is 5.57. The fourth-order valence-electron chi connectivity index (χ4n) is 2.02. The van der Waals surface area contributed by atoms with Crippen LogP contribution in [0.15, 0.2) is 0 Å². The maximum absolute atomic E-state index is 12.8. The smallest absolute Gasteiger partial charge is 0.313 e. The summed E-state index contributed by atoms with van der Waals surface area (Å²) < 4.78 is 49.7. The standard InChI is InChI=1S/C10H18F4N2/c1-2-15-8-4-3-5-16(6-8)7-10(13,14)9(11)12/h8-9,15H,2-7H2,1H3. The van der Waals surface area contributed by atoms with Crippen LogP contribution in [0.3, 0.4) is 0 Å². The Kier molecular flexibility index (Phi) is 4.98. The van der Waals surface area contributed by atoms with E-state index in [2.05, 4.69) is 5.32 Å². The van der Waals surface area contributed by atoms with Gasteiger partial charge in [0.25, 0.3) is 0 Å². The van der Waals surface area contributed by atoms with E-state index >= 15 is 0 Å². The molecule has 1 aliphatic heterocycles. The van der Waals surface area contributed by atoms with Crippen LogP contribution < -0.4 is 5.32 Å². The molecule has 1 fully saturated rings. The van der Waals surface area contributed by atoms with Crippen LogP contribution in [0.25, 0.3) is 0 Å². The monoisotopic (exact) mass is 242 g/mol. The van der Waals surface area contributed by atoms with Crippen LogP contribution in [-0.4, -0.2) is 49.5 Å². The molecule has 0 aromatic heterocycles. The van der Waals surface area contributed by atoms with Crippen LogP contribution >= 0.6 is 0 Å². The molecular formula is C10H18F4N2. The molecule has 1 unspecified atom stereocenters. The van der Waals surface area contributed by atoms with Gasteiger partial charge in [-0.25, -0.2) is 8.78 Å². The highest BCUT2D eigenvalue weighted by atomic mass is 19.3. The molecule has 16 heavy (non-hydrogen) atoms. The van der Waals surface area contributed by atoms with Gasteiger partial charge in [-0.2, -0.15) is 8.78 Å². The molecule has 1 rings (SSSR count). The van der Waals surface area contributed by atoms with Gasteiger partial charge in [-0.3, -0.25) is 4.90 Å². The summed E-state index contributed by atoms with van der Waals surface area (Å²) in [5, 5.41) is 3.16. The number of hydrogen-bond donors (Lipinski definition) is 1. The van der Waals surface area contributed by atoms with Crippen molar-refractivity contribution in [2.24, 2.45) is 0 Å². The van der Waals surface area contributed by atoms with E-state index in [4.69, 9.17) is 0 Å². The van der Waals surface area contributed by atoms with E-state index in [1.807, 2.05) is 6.92 Å². The van der Waals surface area contributed by atoms with E-state index in [1.54, 1.807) is 0 Å². The molecule has 1 heterocycles. The number of likely N-dealkylation sites (N-methyl/N-ethyl adjacent to an activating group) is 1. The minimum atomic E-state index is -3.89. The van der Waals surface area contributed by atoms with E-state index in [9.17, 15) is 17.6 Å². The molecular weight excluding hydrogens is 224 g/mol. The molecule has 0 bridgehead atoms. The average molecular weight is 242 g/mol. The maximum Gasteiger partial charge on any atom is 0.319 e. The highest BCUT2D eigenvalue weighted by Gasteiger charge is 2.42. The van der Waals surface area contributed by atoms with Gasteiger partial charge in [0.2, 0.25) is 0 Å². The molecule has 1 N–H and O–H groups in total. The molecule has 0 saturated carbocycles. The van der Waals surface area contributed by atoms with Crippen molar-refractivity contribution in [3.05, 3.63) is 0 Å². The quantitative estimate of drug-likeness (QED) is 0.741. The van der Waals surface area contributed by atoms with Crippen molar-refractivity contribution in [2.45, 2.75) is 38.2 Å². The van der Waals surface area contributed by atoms with Gasteiger partial charge in [0.15, 0.2) is 0 Å². The molecule has 1 atom stereocenters. The second-order valence-electron chi connectivity index (χ2n) is 4.19. The lowest BCUT2D eigenvalue weighted by Crippen LogP contribution is -2.50. The van der Waals surface area contributed by atoms with E-state index in [-0.39, 0.29) is 6.04 Å². The molecule has 0 amide bonds. The number of hydrogen-bond acceptors (Lipinski definition) is 2. The molecule has 0 aromatic rings. The van der Waals surface area contributed by atoms with Crippen molar-refractivity contribution in [2.75, 3.05) is 26.2 Å².